The molecule has 4 aliphatic heterocycles. The summed E-state index contributed by atoms with van der Waals surface area (Å²) < 4.78 is 4.82. The van der Waals surface area contributed by atoms with E-state index in [1.54, 1.807) is 0 Å². The maximum atomic E-state index is 2.48. The van der Waals surface area contributed by atoms with E-state index >= 15 is 0 Å². The van der Waals surface area contributed by atoms with Gasteiger partial charge >= 0.3 is 0 Å². The fourth-order valence-corrected chi connectivity index (χ4v) is 12.8. The van der Waals surface area contributed by atoms with Crippen LogP contribution in [0.15, 0.2) is 191 Å². The van der Waals surface area contributed by atoms with Crippen molar-refractivity contribution in [1.82, 2.24) is 0 Å². The summed E-state index contributed by atoms with van der Waals surface area (Å²) in [7, 11) is 8.95. The van der Waals surface area contributed by atoms with Crippen LogP contribution >= 0.6 is 0 Å². The average Bonchev–Trinajstić information content (AvgIpc) is 4.07. The second kappa shape index (κ2) is 16.2. The SMILES string of the molecule is CN1C(=CC=C2CCC(C=CC3=[N+](C)c4ccccc4C3(C)C)=C2CC2=C(C=CC3=[N+](C)c4ccccc4C3(C)C)CCC2=CC=C2N(C)c3ccccc3C2(C)C)C(C)(C)c2ccccc21. The van der Waals surface area contributed by atoms with E-state index in [0.717, 1.165) is 32.1 Å². The number of likely N-dealkylation sites (N-methyl/N-ethyl adjacent to an activating group) is 2. The van der Waals surface area contributed by atoms with Crippen molar-refractivity contribution in [2.45, 2.75) is 109 Å². The first-order valence-corrected chi connectivity index (χ1v) is 24.7. The van der Waals surface area contributed by atoms with Gasteiger partial charge in [0.25, 0.3) is 0 Å². The van der Waals surface area contributed by atoms with Gasteiger partial charge in [0.05, 0.1) is 10.8 Å². The first-order valence-electron chi connectivity index (χ1n) is 24.7. The van der Waals surface area contributed by atoms with Crippen molar-refractivity contribution in [2.24, 2.45) is 0 Å². The highest BCUT2D eigenvalue weighted by Gasteiger charge is 2.45. The Morgan fingerprint density at radius 2 is 0.791 bits per heavy atom. The van der Waals surface area contributed by atoms with Crippen molar-refractivity contribution in [3.8, 4) is 0 Å². The molecular formula is C63H70N4+2. The van der Waals surface area contributed by atoms with E-state index in [1.807, 2.05) is 0 Å². The third-order valence-electron chi connectivity index (χ3n) is 16.8. The number of hydrogen-bond acceptors (Lipinski definition) is 2. The molecule has 4 aromatic carbocycles. The molecule has 6 aliphatic rings. The molecule has 340 valence electrons. The zero-order valence-corrected chi connectivity index (χ0v) is 42.2. The lowest BCUT2D eigenvalue weighted by Gasteiger charge is -2.24. The summed E-state index contributed by atoms with van der Waals surface area (Å²) in [6.45, 7) is 19.0. The lowest BCUT2D eigenvalue weighted by molar-refractivity contribution is -0.401. The third kappa shape index (κ3) is 7.08. The number of allylic oxidation sites excluding steroid dienone is 16. The molecule has 0 aromatic heterocycles. The predicted octanol–water partition coefficient (Wildman–Crippen LogP) is 14.6. The van der Waals surface area contributed by atoms with Crippen molar-refractivity contribution >= 4 is 34.2 Å². The van der Waals surface area contributed by atoms with E-state index < -0.39 is 0 Å². The van der Waals surface area contributed by atoms with Gasteiger partial charge in [0.15, 0.2) is 11.4 Å². The lowest BCUT2D eigenvalue weighted by atomic mass is 9.81. The molecule has 0 N–H and O–H groups in total. The van der Waals surface area contributed by atoms with Crippen LogP contribution < -0.4 is 9.80 Å². The zero-order valence-electron chi connectivity index (χ0n) is 42.2. The molecule has 4 heteroatoms. The number of nitrogens with zero attached hydrogens (tertiary/aromatic N) is 4. The molecule has 0 bridgehead atoms. The van der Waals surface area contributed by atoms with Crippen LogP contribution in [0.3, 0.4) is 0 Å². The van der Waals surface area contributed by atoms with Gasteiger partial charge in [-0.15, -0.1) is 0 Å². The predicted molar refractivity (Wildman–Crippen MR) is 284 cm³/mol. The number of fused-ring (bicyclic) bond motifs is 4. The summed E-state index contributed by atoms with van der Waals surface area (Å²) in [5.74, 6) is 0. The summed E-state index contributed by atoms with van der Waals surface area (Å²) in [6.07, 6.45) is 24.7. The number of rotatable bonds is 8. The van der Waals surface area contributed by atoms with Gasteiger partial charge in [0, 0.05) is 83.1 Å². The first-order chi connectivity index (χ1) is 31.9. The van der Waals surface area contributed by atoms with Gasteiger partial charge in [-0.05, 0) is 129 Å². The number of anilines is 2. The molecule has 0 spiro atoms. The Morgan fingerprint density at radius 3 is 1.16 bits per heavy atom. The average molecular weight is 883 g/mol. The van der Waals surface area contributed by atoms with Crippen LogP contribution in [-0.2, 0) is 21.7 Å². The van der Waals surface area contributed by atoms with Gasteiger partial charge in [0.2, 0.25) is 11.4 Å². The molecule has 10 rings (SSSR count). The summed E-state index contributed by atoms with van der Waals surface area (Å²) in [5, 5.41) is 0. The topological polar surface area (TPSA) is 12.5 Å². The Bertz CT molecular complexity index is 2870. The highest BCUT2D eigenvalue weighted by Crippen LogP contribution is 2.50. The Balaban J connectivity index is 1.11. The van der Waals surface area contributed by atoms with Gasteiger partial charge in [-0.1, -0.05) is 125 Å². The number of benzene rings is 4. The van der Waals surface area contributed by atoms with Crippen molar-refractivity contribution < 1.29 is 9.15 Å². The molecule has 0 atom stereocenters. The maximum absolute atomic E-state index is 2.48. The summed E-state index contributed by atoms with van der Waals surface area (Å²) >= 11 is 0. The molecule has 0 radical (unpaired) electrons. The molecule has 67 heavy (non-hydrogen) atoms. The minimum absolute atomic E-state index is 0.0907. The molecule has 0 amide bonds. The Morgan fingerprint density at radius 1 is 0.433 bits per heavy atom. The molecule has 4 heterocycles. The Kier molecular flexibility index (Phi) is 10.8. The highest BCUT2D eigenvalue weighted by molar-refractivity contribution is 6.04. The highest BCUT2D eigenvalue weighted by atomic mass is 15.2. The third-order valence-corrected chi connectivity index (χ3v) is 16.8. The lowest BCUT2D eigenvalue weighted by Crippen LogP contribution is -2.26. The molecule has 4 aromatic rings. The molecule has 4 nitrogen and oxygen atoms in total. The molecule has 0 saturated carbocycles. The van der Waals surface area contributed by atoms with Gasteiger partial charge < -0.3 is 9.80 Å². The van der Waals surface area contributed by atoms with Gasteiger partial charge in [-0.25, -0.2) is 0 Å². The van der Waals surface area contributed by atoms with Crippen LogP contribution in [0.5, 0.6) is 0 Å². The maximum Gasteiger partial charge on any atom is 0.209 e. The normalized spacial score (nSPS) is 23.5. The summed E-state index contributed by atoms with van der Waals surface area (Å²) in [5.41, 5.74) is 24.5. The number of para-hydroxylation sites is 4. The largest absolute Gasteiger partial charge is 0.347 e. The molecular weight excluding hydrogens is 813 g/mol. The van der Waals surface area contributed by atoms with Crippen LogP contribution in [0.1, 0.15) is 110 Å². The van der Waals surface area contributed by atoms with Crippen molar-refractivity contribution in [1.29, 1.82) is 0 Å². The van der Waals surface area contributed by atoms with Crippen molar-refractivity contribution in [2.75, 3.05) is 38.0 Å². The molecule has 2 aliphatic carbocycles. The second-order valence-electron chi connectivity index (χ2n) is 21.9. The van der Waals surface area contributed by atoms with Crippen LogP contribution in [0.25, 0.3) is 0 Å². The van der Waals surface area contributed by atoms with E-state index in [9.17, 15) is 0 Å². The Labute approximate surface area is 401 Å². The van der Waals surface area contributed by atoms with Crippen LogP contribution in [-0.4, -0.2) is 48.8 Å². The van der Waals surface area contributed by atoms with E-state index in [1.165, 1.54) is 101 Å². The fraction of sp³-hybridized carbons (Fsp3) is 0.333. The van der Waals surface area contributed by atoms with E-state index in [0.29, 0.717) is 0 Å². The first kappa shape index (κ1) is 44.6. The van der Waals surface area contributed by atoms with E-state index in [-0.39, 0.29) is 21.7 Å². The van der Waals surface area contributed by atoms with E-state index in [2.05, 4.69) is 248 Å². The standard InChI is InChI=1S/C63H70N4/c1-60(2)48-21-13-17-25-52(48)64(9)56(60)37-33-42-29-30-43(34-38-57-61(3,4)49-22-14-18-26-53(49)65(57)10)46(42)41-47-44(35-39-58-62(5,6)50-23-15-19-27-54(50)66(58)11)31-32-45(47)36-40-59-63(7,8)51-24-16-20-28-55(51)67(59)12/h13-28,33-40H,29-32,41H2,1-12H3/q+2. The minimum Gasteiger partial charge on any atom is -0.347 e. The fourth-order valence-electron chi connectivity index (χ4n) is 12.8. The second-order valence-corrected chi connectivity index (χ2v) is 21.9. The molecule has 0 unspecified atom stereocenters. The van der Waals surface area contributed by atoms with Gasteiger partial charge in [-0.2, -0.15) is 9.15 Å². The zero-order chi connectivity index (χ0) is 47.2. The van der Waals surface area contributed by atoms with Gasteiger partial charge in [-0.3, -0.25) is 0 Å². The van der Waals surface area contributed by atoms with Crippen LogP contribution in [0, 0.1) is 0 Å². The molecule has 0 saturated heterocycles. The van der Waals surface area contributed by atoms with Crippen LogP contribution in [0.4, 0.5) is 22.7 Å². The Hall–Kier alpha value is -6.26. The summed E-state index contributed by atoms with van der Waals surface area (Å²) in [6, 6.07) is 35.7. The van der Waals surface area contributed by atoms with Crippen LogP contribution in [0.2, 0.25) is 0 Å². The monoisotopic (exact) mass is 883 g/mol. The van der Waals surface area contributed by atoms with Crippen molar-refractivity contribution in [3.05, 3.63) is 213 Å². The quantitative estimate of drug-likeness (QED) is 0.164. The van der Waals surface area contributed by atoms with Gasteiger partial charge in [0.1, 0.15) is 14.1 Å². The summed E-state index contributed by atoms with van der Waals surface area (Å²) in [4.78, 5) is 4.82. The van der Waals surface area contributed by atoms with Crippen molar-refractivity contribution in [3.63, 3.8) is 0 Å². The number of hydrogen-bond donors (Lipinski definition) is 0. The molecule has 0 fully saturated rings. The smallest absolute Gasteiger partial charge is 0.209 e. The van der Waals surface area contributed by atoms with E-state index in [4.69, 9.17) is 0 Å². The minimum atomic E-state index is -0.0907.